The Balaban J connectivity index is 2.75. The molecule has 2 rings (SSSR count). The number of carbonyl (C=O) groups is 1. The Morgan fingerprint density at radius 1 is 1.55 bits per heavy atom. The monoisotopic (exact) mass is 337 g/mol. The molecule has 1 aromatic rings. The normalized spacial score (nSPS) is 20.0. The van der Waals surface area contributed by atoms with Crippen LogP contribution in [0.5, 0.6) is 5.75 Å². The zero-order valence-corrected chi connectivity index (χ0v) is 12.4. The summed E-state index contributed by atoms with van der Waals surface area (Å²) in [4.78, 5) is 11.9. The first-order chi connectivity index (χ1) is 11.4. The van der Waals surface area contributed by atoms with E-state index < -0.39 is 30.7 Å². The number of alkyl halides is 3. The molecule has 0 aliphatic carbocycles. The fourth-order valence-electron chi connectivity index (χ4n) is 2.06. The van der Waals surface area contributed by atoms with Crippen molar-refractivity contribution in [1.29, 1.82) is 0 Å². The average Bonchev–Trinajstić information content (AvgIpc) is 2.45. The number of halogens is 4. The Labute approximate surface area is 134 Å². The smallest absolute Gasteiger partial charge is 0.430 e. The molecule has 0 radical (unpaired) electrons. The second kappa shape index (κ2) is 5.83. The second-order valence-corrected chi connectivity index (χ2v) is 5.03. The molecular formula is C15H14ClF3O3. The van der Waals surface area contributed by atoms with Gasteiger partial charge in [-0.25, -0.2) is 4.79 Å². The molecule has 0 spiro atoms. The van der Waals surface area contributed by atoms with E-state index in [1.54, 1.807) is 0 Å². The molecule has 0 N–H and O–H groups in total. The van der Waals surface area contributed by atoms with Crippen molar-refractivity contribution >= 4 is 23.6 Å². The molecular weight excluding hydrogens is 321 g/mol. The van der Waals surface area contributed by atoms with Crippen LogP contribution in [0.15, 0.2) is 11.6 Å². The van der Waals surface area contributed by atoms with Crippen molar-refractivity contribution in [2.45, 2.75) is 33.0 Å². The Morgan fingerprint density at radius 3 is 2.77 bits per heavy atom. The van der Waals surface area contributed by atoms with E-state index in [1.807, 2.05) is 0 Å². The van der Waals surface area contributed by atoms with Crippen LogP contribution < -0.4 is 4.74 Å². The summed E-state index contributed by atoms with van der Waals surface area (Å²) in [6.07, 6.45) is -6.60. The van der Waals surface area contributed by atoms with Crippen molar-refractivity contribution in [3.05, 3.63) is 33.4 Å². The number of benzene rings is 1. The molecule has 0 saturated heterocycles. The van der Waals surface area contributed by atoms with Crippen LogP contribution in [0.1, 0.15) is 27.7 Å². The van der Waals surface area contributed by atoms with Crippen LogP contribution in [0.3, 0.4) is 0 Å². The van der Waals surface area contributed by atoms with Crippen LogP contribution in [-0.4, -0.2) is 24.9 Å². The lowest BCUT2D eigenvalue weighted by atomic mass is 9.96. The predicted octanol–water partition coefficient (Wildman–Crippen LogP) is 4.23. The van der Waals surface area contributed by atoms with Gasteiger partial charge in [0, 0.05) is 14.7 Å². The van der Waals surface area contributed by atoms with Gasteiger partial charge in [0.05, 0.1) is 12.2 Å². The van der Waals surface area contributed by atoms with E-state index in [4.69, 9.17) is 20.5 Å². The molecule has 1 unspecified atom stereocenters. The van der Waals surface area contributed by atoms with Gasteiger partial charge in [0.15, 0.2) is 0 Å². The van der Waals surface area contributed by atoms with Crippen molar-refractivity contribution < 1.29 is 31.6 Å². The minimum absolute atomic E-state index is 0.118. The minimum atomic E-state index is -4.88. The van der Waals surface area contributed by atoms with E-state index in [-0.39, 0.29) is 34.1 Å². The van der Waals surface area contributed by atoms with Gasteiger partial charge < -0.3 is 9.47 Å². The van der Waals surface area contributed by atoms with E-state index >= 15 is 0 Å². The van der Waals surface area contributed by atoms with Gasteiger partial charge in [0.25, 0.3) is 0 Å². The molecule has 0 fully saturated rings. The summed E-state index contributed by atoms with van der Waals surface area (Å²) in [6, 6.07) is 1.21. The first-order valence-electron chi connectivity index (χ1n) is 7.83. The summed E-state index contributed by atoms with van der Waals surface area (Å²) in [5.41, 5.74) is -1.13. The fraction of sp³-hybridized carbons (Fsp3) is 0.400. The predicted molar refractivity (Wildman–Crippen MR) is 76.0 cm³/mol. The van der Waals surface area contributed by atoms with E-state index in [2.05, 4.69) is 4.74 Å². The lowest BCUT2D eigenvalue weighted by molar-refractivity contribution is -0.187. The van der Waals surface area contributed by atoms with Crippen LogP contribution >= 0.6 is 11.6 Å². The number of aryl methyl sites for hydroxylation is 1. The van der Waals surface area contributed by atoms with E-state index in [9.17, 15) is 18.0 Å². The number of hydrogen-bond acceptors (Lipinski definition) is 3. The molecule has 3 nitrogen and oxygen atoms in total. The van der Waals surface area contributed by atoms with Gasteiger partial charge >= 0.3 is 12.1 Å². The molecule has 0 amide bonds. The number of fused-ring (bicyclic) bond motifs is 1. The van der Waals surface area contributed by atoms with Crippen LogP contribution in [0.4, 0.5) is 13.2 Å². The number of hydrogen-bond donors (Lipinski definition) is 0. The Kier molecular flexibility index (Phi) is 3.40. The number of esters is 1. The lowest BCUT2D eigenvalue weighted by Crippen LogP contribution is -2.41. The molecule has 1 aromatic carbocycles. The average molecular weight is 338 g/mol. The van der Waals surface area contributed by atoms with Gasteiger partial charge in [-0.3, -0.25) is 0 Å². The van der Waals surface area contributed by atoms with Crippen molar-refractivity contribution in [1.82, 2.24) is 0 Å². The van der Waals surface area contributed by atoms with Crippen molar-refractivity contribution in [2.24, 2.45) is 0 Å². The van der Waals surface area contributed by atoms with E-state index in [0.29, 0.717) is 0 Å². The zero-order chi connectivity index (χ0) is 19.2. The lowest BCUT2D eigenvalue weighted by Gasteiger charge is -2.29. The maximum Gasteiger partial charge on any atom is 0.430 e. The highest BCUT2D eigenvalue weighted by Gasteiger charge is 2.49. The topological polar surface area (TPSA) is 35.5 Å². The molecule has 22 heavy (non-hydrogen) atoms. The van der Waals surface area contributed by atoms with E-state index in [1.165, 1.54) is 19.9 Å². The van der Waals surface area contributed by atoms with Gasteiger partial charge in [-0.1, -0.05) is 11.6 Å². The van der Waals surface area contributed by atoms with Crippen LogP contribution in [0.25, 0.3) is 6.08 Å². The van der Waals surface area contributed by atoms with Crippen molar-refractivity contribution in [3.63, 3.8) is 0 Å². The Morgan fingerprint density at radius 2 is 2.23 bits per heavy atom. The van der Waals surface area contributed by atoms with Gasteiger partial charge in [-0.15, -0.1) is 0 Å². The molecule has 0 saturated carbocycles. The fourth-order valence-corrected chi connectivity index (χ4v) is 2.22. The molecule has 1 atom stereocenters. The maximum atomic E-state index is 13.3. The molecule has 0 bridgehead atoms. The standard InChI is InChI=1S/C15H14ClF3O3/c1-4-21-14(20)10-6-9-8(3)12(16)7(2)5-11(9)22-13(10)15(17,18)19/h5-6,13H,4H2,1-3H3/i3D3. The highest BCUT2D eigenvalue weighted by Crippen LogP contribution is 2.41. The molecule has 1 heterocycles. The largest absolute Gasteiger partial charge is 0.475 e. The zero-order valence-electron chi connectivity index (χ0n) is 14.7. The van der Waals surface area contributed by atoms with Crippen LogP contribution in [0.2, 0.25) is 5.02 Å². The van der Waals surface area contributed by atoms with E-state index in [0.717, 1.165) is 6.08 Å². The first-order valence-corrected chi connectivity index (χ1v) is 6.71. The summed E-state index contributed by atoms with van der Waals surface area (Å²) in [5, 5.41) is -0.118. The molecule has 0 aromatic heterocycles. The molecule has 120 valence electrons. The summed E-state index contributed by atoms with van der Waals surface area (Å²) in [6.45, 7) is 0.0352. The number of rotatable bonds is 2. The first kappa shape index (κ1) is 12.8. The highest BCUT2D eigenvalue weighted by atomic mass is 35.5. The third-order valence-electron chi connectivity index (χ3n) is 3.08. The van der Waals surface area contributed by atoms with Crippen LogP contribution in [-0.2, 0) is 9.53 Å². The SMILES string of the molecule is [2H]C([2H])([2H])c1c(Cl)c(C)cc2c1C=C(C(=O)OCC)C(C(F)(F)F)O2. The van der Waals surface area contributed by atoms with Gasteiger partial charge in [0.1, 0.15) is 5.75 Å². The number of ether oxygens (including phenoxy) is 2. The van der Waals surface area contributed by atoms with Crippen molar-refractivity contribution in [3.8, 4) is 5.75 Å². The third-order valence-corrected chi connectivity index (χ3v) is 3.57. The molecule has 1 aliphatic rings. The highest BCUT2D eigenvalue weighted by molar-refractivity contribution is 6.32. The summed E-state index contributed by atoms with van der Waals surface area (Å²) in [7, 11) is 0. The Hall–Kier alpha value is -1.69. The quantitative estimate of drug-likeness (QED) is 0.758. The number of carbonyl (C=O) groups excluding carboxylic acids is 1. The minimum Gasteiger partial charge on any atom is -0.475 e. The summed E-state index contributed by atoms with van der Waals surface area (Å²) < 4.78 is 72.3. The third kappa shape index (κ3) is 2.92. The molecule has 1 aliphatic heterocycles. The summed E-state index contributed by atoms with van der Waals surface area (Å²) in [5.74, 6) is -1.54. The van der Waals surface area contributed by atoms with Crippen molar-refractivity contribution in [2.75, 3.05) is 6.61 Å². The van der Waals surface area contributed by atoms with Gasteiger partial charge in [-0.2, -0.15) is 13.2 Å². The maximum absolute atomic E-state index is 13.3. The summed E-state index contributed by atoms with van der Waals surface area (Å²) >= 11 is 6.05. The van der Waals surface area contributed by atoms with Gasteiger partial charge in [0.2, 0.25) is 6.10 Å². The molecule has 7 heteroatoms. The van der Waals surface area contributed by atoms with Crippen LogP contribution in [0, 0.1) is 13.8 Å². The second-order valence-electron chi connectivity index (χ2n) is 4.65. The van der Waals surface area contributed by atoms with Gasteiger partial charge in [-0.05, 0) is 44.0 Å². The Bertz CT molecular complexity index is 742.